The maximum atomic E-state index is 13.7. The lowest BCUT2D eigenvalue weighted by molar-refractivity contribution is -0.148. The molecule has 0 aromatic rings. The second kappa shape index (κ2) is 21.5. The van der Waals surface area contributed by atoms with Crippen molar-refractivity contribution in [3.05, 3.63) is 0 Å². The largest absolute Gasteiger partial charge is 0.481 e. The Labute approximate surface area is 301 Å². The van der Waals surface area contributed by atoms with Gasteiger partial charge >= 0.3 is 11.9 Å². The molecule has 1 saturated heterocycles. The second-order valence-electron chi connectivity index (χ2n) is 13.3. The van der Waals surface area contributed by atoms with Crippen LogP contribution < -0.4 is 37.6 Å². The van der Waals surface area contributed by atoms with Gasteiger partial charge in [0.25, 0.3) is 0 Å². The van der Waals surface area contributed by atoms with E-state index in [-0.39, 0.29) is 25.3 Å². The van der Waals surface area contributed by atoms with Gasteiger partial charge in [0.15, 0.2) is 0 Å². The highest BCUT2D eigenvalue weighted by Crippen LogP contribution is 2.21. The predicted octanol–water partition coefficient (Wildman–Crippen LogP) is -3.47. The molecule has 11 N–H and O–H groups in total. The van der Waals surface area contributed by atoms with E-state index in [9.17, 15) is 58.5 Å². The Kier molecular flexibility index (Phi) is 18.7. The smallest absolute Gasteiger partial charge is 0.326 e. The minimum Gasteiger partial charge on any atom is -0.481 e. The standard InChI is InChI=1S/C32H54N8O12/c1-7-16(4)25(32(51)52)39-30(49)22-9-8-10-40(22)31(50)20(12-24(43)44)38-28(47)19(11-15(2)3)37-27(46)18(6)35-29(48)21(14-41)36-23(42)13-34-26(45)17(5)33/h15-22,25,41H,7-14,33H2,1-6H3,(H,34,45)(H,35,48)(H,36,42)(H,37,46)(H,38,47)(H,39,49)(H,43,44)(H,51,52)/t16-,17-,18-,19-,20-,21-,22-,25-/m0/s1. The van der Waals surface area contributed by atoms with Crippen molar-refractivity contribution in [3.63, 3.8) is 0 Å². The fourth-order valence-corrected chi connectivity index (χ4v) is 5.23. The van der Waals surface area contributed by atoms with Crippen molar-refractivity contribution in [2.75, 3.05) is 19.7 Å². The van der Waals surface area contributed by atoms with Crippen molar-refractivity contribution >= 4 is 53.3 Å². The summed E-state index contributed by atoms with van der Waals surface area (Å²) >= 11 is 0. The fourth-order valence-electron chi connectivity index (χ4n) is 5.23. The van der Waals surface area contributed by atoms with Crippen LogP contribution in [-0.4, -0.2) is 135 Å². The molecule has 1 aliphatic rings. The van der Waals surface area contributed by atoms with Crippen LogP contribution in [-0.2, 0) is 43.2 Å². The summed E-state index contributed by atoms with van der Waals surface area (Å²) in [6, 6.07) is -9.01. The molecule has 20 heteroatoms. The van der Waals surface area contributed by atoms with Gasteiger partial charge in [0, 0.05) is 6.54 Å². The number of carbonyl (C=O) groups is 9. The van der Waals surface area contributed by atoms with E-state index in [4.69, 9.17) is 5.73 Å². The third-order valence-electron chi connectivity index (χ3n) is 8.37. The van der Waals surface area contributed by atoms with Crippen molar-refractivity contribution in [3.8, 4) is 0 Å². The fraction of sp³-hybridized carbons (Fsp3) is 0.719. The number of hydrogen-bond donors (Lipinski definition) is 10. The van der Waals surface area contributed by atoms with Crippen molar-refractivity contribution in [1.29, 1.82) is 0 Å². The number of hydrogen-bond acceptors (Lipinski definition) is 11. The van der Waals surface area contributed by atoms with Crippen LogP contribution in [0, 0.1) is 11.8 Å². The van der Waals surface area contributed by atoms with Gasteiger partial charge in [-0.15, -0.1) is 0 Å². The summed E-state index contributed by atoms with van der Waals surface area (Å²) in [6.07, 6.45) is 0.154. The van der Waals surface area contributed by atoms with Gasteiger partial charge < -0.3 is 57.9 Å². The van der Waals surface area contributed by atoms with Crippen LogP contribution >= 0.6 is 0 Å². The molecule has 1 rings (SSSR count). The molecule has 0 aromatic heterocycles. The summed E-state index contributed by atoms with van der Waals surface area (Å²) in [5.74, 6) is -9.11. The predicted molar refractivity (Wildman–Crippen MR) is 183 cm³/mol. The molecule has 0 spiro atoms. The first kappa shape index (κ1) is 45.2. The molecule has 0 unspecified atom stereocenters. The van der Waals surface area contributed by atoms with Gasteiger partial charge in [-0.1, -0.05) is 34.1 Å². The number of aliphatic hydroxyl groups is 1. The molecule has 0 radical (unpaired) electrons. The molecule has 7 amide bonds. The number of nitrogens with zero attached hydrogens (tertiary/aromatic N) is 1. The van der Waals surface area contributed by atoms with Crippen LogP contribution in [0.1, 0.15) is 73.6 Å². The van der Waals surface area contributed by atoms with E-state index >= 15 is 0 Å². The number of nitrogens with two attached hydrogens (primary N) is 1. The zero-order valence-corrected chi connectivity index (χ0v) is 30.4. The summed E-state index contributed by atoms with van der Waals surface area (Å²) in [5.41, 5.74) is 5.41. The van der Waals surface area contributed by atoms with Gasteiger partial charge in [0.05, 0.1) is 25.6 Å². The molecule has 8 atom stereocenters. The average molecular weight is 743 g/mol. The van der Waals surface area contributed by atoms with Gasteiger partial charge in [-0.2, -0.15) is 0 Å². The Balaban J connectivity index is 3.06. The van der Waals surface area contributed by atoms with E-state index in [1.807, 2.05) is 0 Å². The molecule has 1 aliphatic heterocycles. The Hall–Kier alpha value is -4.85. The van der Waals surface area contributed by atoms with Crippen LogP contribution in [0.25, 0.3) is 0 Å². The number of amides is 7. The van der Waals surface area contributed by atoms with E-state index in [0.717, 1.165) is 4.90 Å². The number of rotatable bonds is 21. The number of nitrogens with one attached hydrogen (secondary N) is 6. The van der Waals surface area contributed by atoms with Crippen LogP contribution in [0.4, 0.5) is 0 Å². The Morgan fingerprint density at radius 1 is 0.788 bits per heavy atom. The van der Waals surface area contributed by atoms with E-state index in [1.165, 1.54) is 13.8 Å². The Morgan fingerprint density at radius 2 is 1.38 bits per heavy atom. The highest BCUT2D eigenvalue weighted by molar-refractivity contribution is 5.98. The van der Waals surface area contributed by atoms with Gasteiger partial charge in [-0.3, -0.25) is 38.4 Å². The number of likely N-dealkylation sites (tertiary alicyclic amines) is 1. The number of aliphatic hydroxyl groups excluding tert-OH is 1. The summed E-state index contributed by atoms with van der Waals surface area (Å²) in [7, 11) is 0. The maximum absolute atomic E-state index is 13.7. The molecule has 20 nitrogen and oxygen atoms in total. The van der Waals surface area contributed by atoms with Crippen molar-refractivity contribution in [1.82, 2.24) is 36.8 Å². The van der Waals surface area contributed by atoms with E-state index in [0.29, 0.717) is 12.8 Å². The lowest BCUT2D eigenvalue weighted by atomic mass is 9.98. The number of carbonyl (C=O) groups excluding carboxylic acids is 7. The molecule has 52 heavy (non-hydrogen) atoms. The highest BCUT2D eigenvalue weighted by atomic mass is 16.4. The van der Waals surface area contributed by atoms with E-state index < -0.39 is 121 Å². The highest BCUT2D eigenvalue weighted by Gasteiger charge is 2.41. The van der Waals surface area contributed by atoms with Gasteiger partial charge in [0.2, 0.25) is 41.4 Å². The second-order valence-corrected chi connectivity index (χ2v) is 13.3. The molecule has 1 fully saturated rings. The molecular formula is C32H54N8O12. The molecule has 0 bridgehead atoms. The van der Waals surface area contributed by atoms with E-state index in [1.54, 1.807) is 27.7 Å². The molecule has 1 heterocycles. The number of carboxylic acids is 2. The molecule has 0 aromatic carbocycles. The first-order chi connectivity index (χ1) is 24.2. The number of aliphatic carboxylic acids is 2. The SMILES string of the molecule is CC[C@H](C)[C@H](NC(=O)[C@@H]1CCCN1C(=O)[C@H](CC(=O)O)NC(=O)[C@H](CC(C)C)NC(=O)[C@H](C)NC(=O)[C@H](CO)NC(=O)CNC(=O)[C@H](C)N)C(=O)O. The topological polar surface area (TPSA) is 316 Å². The number of carboxylic acid groups (broad SMARTS) is 2. The van der Waals surface area contributed by atoms with Gasteiger partial charge in [0.1, 0.15) is 36.3 Å². The molecule has 0 aliphatic carbocycles. The van der Waals surface area contributed by atoms with Crippen LogP contribution in [0.15, 0.2) is 0 Å². The minimum atomic E-state index is -1.65. The Bertz CT molecular complexity index is 1330. The lowest BCUT2D eigenvalue weighted by Gasteiger charge is -2.31. The summed E-state index contributed by atoms with van der Waals surface area (Å²) in [6.45, 7) is 8.20. The zero-order chi connectivity index (χ0) is 39.9. The van der Waals surface area contributed by atoms with Gasteiger partial charge in [-0.05, 0) is 44.9 Å². The quantitative estimate of drug-likeness (QED) is 0.0547. The van der Waals surface area contributed by atoms with Crippen LogP contribution in [0.5, 0.6) is 0 Å². The van der Waals surface area contributed by atoms with Crippen molar-refractivity contribution in [2.45, 2.75) is 116 Å². The summed E-state index contributed by atoms with van der Waals surface area (Å²) < 4.78 is 0. The van der Waals surface area contributed by atoms with Crippen molar-refractivity contribution < 1.29 is 58.5 Å². The average Bonchev–Trinajstić information content (AvgIpc) is 3.56. The molecule has 0 saturated carbocycles. The first-order valence-electron chi connectivity index (χ1n) is 17.1. The lowest BCUT2D eigenvalue weighted by Crippen LogP contribution is -2.60. The molecular weight excluding hydrogens is 688 g/mol. The summed E-state index contributed by atoms with van der Waals surface area (Å²) in [4.78, 5) is 114. The normalized spacial score (nSPS) is 18.0. The Morgan fingerprint density at radius 3 is 1.90 bits per heavy atom. The van der Waals surface area contributed by atoms with Crippen molar-refractivity contribution in [2.24, 2.45) is 17.6 Å². The molecule has 294 valence electrons. The van der Waals surface area contributed by atoms with E-state index in [2.05, 4.69) is 31.9 Å². The van der Waals surface area contributed by atoms with Crippen LogP contribution in [0.3, 0.4) is 0 Å². The summed E-state index contributed by atoms with van der Waals surface area (Å²) in [5, 5.41) is 42.9. The first-order valence-corrected chi connectivity index (χ1v) is 17.1. The third kappa shape index (κ3) is 14.4. The minimum absolute atomic E-state index is 0.0234. The van der Waals surface area contributed by atoms with Crippen LogP contribution in [0.2, 0.25) is 0 Å². The van der Waals surface area contributed by atoms with Gasteiger partial charge in [-0.25, -0.2) is 4.79 Å². The monoisotopic (exact) mass is 742 g/mol. The zero-order valence-electron chi connectivity index (χ0n) is 30.4. The third-order valence-corrected chi connectivity index (χ3v) is 8.37. The maximum Gasteiger partial charge on any atom is 0.326 e.